The Morgan fingerprint density at radius 3 is 2.48 bits per heavy atom. The van der Waals surface area contributed by atoms with Gasteiger partial charge in [-0.3, -0.25) is 4.79 Å². The van der Waals surface area contributed by atoms with Crippen LogP contribution in [-0.4, -0.2) is 56.8 Å². The van der Waals surface area contributed by atoms with Crippen molar-refractivity contribution in [2.75, 3.05) is 19.7 Å². The molecule has 0 aromatic heterocycles. The molecule has 1 aromatic rings. The van der Waals surface area contributed by atoms with E-state index in [9.17, 15) is 31.5 Å². The van der Waals surface area contributed by atoms with Crippen molar-refractivity contribution in [3.8, 4) is 0 Å². The van der Waals surface area contributed by atoms with Crippen molar-refractivity contribution in [1.82, 2.24) is 10.0 Å². The van der Waals surface area contributed by atoms with E-state index in [0.29, 0.717) is 5.56 Å². The monoisotopic (exact) mass is 382 g/mol. The minimum Gasteiger partial charge on any atom is -0.390 e. The lowest BCUT2D eigenvalue weighted by Gasteiger charge is -2.18. The van der Waals surface area contributed by atoms with Gasteiger partial charge in [0.15, 0.2) is 0 Å². The minimum absolute atomic E-state index is 0.0192. The molecule has 0 saturated carbocycles. The largest absolute Gasteiger partial charge is 0.511 e. The lowest BCUT2D eigenvalue weighted by molar-refractivity contribution is -0.0454. The standard InChI is InChI=1S/C14H17F3N2O5S/c15-14(16,17)25(22,23)19-7-11-12(20)10(8-24-11)6-18-13(21)9-4-2-1-3-5-9/h1-5,10-12,19-20H,6-8H2,(H,18,21)/t10-,11-,12+/m1/s1. The first kappa shape index (κ1) is 19.6. The quantitative estimate of drug-likeness (QED) is 0.654. The van der Waals surface area contributed by atoms with Gasteiger partial charge in [-0.05, 0) is 12.1 Å². The number of ether oxygens (including phenoxy) is 1. The Morgan fingerprint density at radius 1 is 1.24 bits per heavy atom. The Kier molecular flexibility index (Phi) is 6.03. The Hall–Kier alpha value is -1.69. The number of nitrogens with one attached hydrogen (secondary N) is 2. The zero-order valence-corrected chi connectivity index (χ0v) is 13.7. The highest BCUT2D eigenvalue weighted by Crippen LogP contribution is 2.23. The fourth-order valence-electron chi connectivity index (χ4n) is 2.30. The number of carbonyl (C=O) groups is 1. The summed E-state index contributed by atoms with van der Waals surface area (Å²) < 4.78 is 65.1. The van der Waals surface area contributed by atoms with E-state index in [1.165, 1.54) is 4.72 Å². The summed E-state index contributed by atoms with van der Waals surface area (Å²) in [6.07, 6.45) is -2.34. The van der Waals surface area contributed by atoms with Crippen molar-refractivity contribution in [3.05, 3.63) is 35.9 Å². The molecule has 1 aliphatic heterocycles. The van der Waals surface area contributed by atoms with Gasteiger partial charge in [0.1, 0.15) is 0 Å². The van der Waals surface area contributed by atoms with Gasteiger partial charge in [-0.2, -0.15) is 13.2 Å². The second-order valence-electron chi connectivity index (χ2n) is 5.50. The van der Waals surface area contributed by atoms with Gasteiger partial charge in [0.05, 0.1) is 18.8 Å². The average Bonchev–Trinajstić information content (AvgIpc) is 2.90. The molecule has 1 fully saturated rings. The third-order valence-corrected chi connectivity index (χ3v) is 4.88. The first-order chi connectivity index (χ1) is 11.6. The van der Waals surface area contributed by atoms with E-state index in [-0.39, 0.29) is 19.1 Å². The van der Waals surface area contributed by atoms with Crippen LogP contribution >= 0.6 is 0 Å². The van der Waals surface area contributed by atoms with Gasteiger partial charge >= 0.3 is 15.5 Å². The number of carbonyl (C=O) groups excluding carboxylic acids is 1. The third-order valence-electron chi connectivity index (χ3n) is 3.73. The van der Waals surface area contributed by atoms with Gasteiger partial charge < -0.3 is 15.2 Å². The Bertz CT molecular complexity index is 696. The summed E-state index contributed by atoms with van der Waals surface area (Å²) in [5.41, 5.74) is -5.01. The second kappa shape index (κ2) is 7.68. The van der Waals surface area contributed by atoms with E-state index in [1.807, 2.05) is 0 Å². The van der Waals surface area contributed by atoms with E-state index >= 15 is 0 Å². The van der Waals surface area contributed by atoms with Crippen molar-refractivity contribution in [3.63, 3.8) is 0 Å². The van der Waals surface area contributed by atoms with Crippen molar-refractivity contribution >= 4 is 15.9 Å². The van der Waals surface area contributed by atoms with E-state index in [0.717, 1.165) is 0 Å². The summed E-state index contributed by atoms with van der Waals surface area (Å²) in [7, 11) is -5.50. The summed E-state index contributed by atoms with van der Waals surface area (Å²) in [6.45, 7) is -0.696. The molecule has 0 radical (unpaired) electrons. The maximum absolute atomic E-state index is 12.3. The van der Waals surface area contributed by atoms with Crippen LogP contribution in [0.1, 0.15) is 10.4 Å². The van der Waals surface area contributed by atoms with Crippen LogP contribution in [0.15, 0.2) is 30.3 Å². The lowest BCUT2D eigenvalue weighted by Crippen LogP contribution is -2.44. The summed E-state index contributed by atoms with van der Waals surface area (Å²) in [4.78, 5) is 11.9. The Balaban J connectivity index is 1.83. The van der Waals surface area contributed by atoms with Crippen LogP contribution in [0.5, 0.6) is 0 Å². The summed E-state index contributed by atoms with van der Waals surface area (Å²) in [5, 5.41) is 12.6. The molecule has 0 bridgehead atoms. The zero-order valence-electron chi connectivity index (χ0n) is 12.9. The molecule has 0 aliphatic carbocycles. The second-order valence-corrected chi connectivity index (χ2v) is 7.25. The molecule has 140 valence electrons. The number of aliphatic hydroxyl groups excluding tert-OH is 1. The van der Waals surface area contributed by atoms with Gasteiger partial charge in [-0.1, -0.05) is 18.2 Å². The summed E-state index contributed by atoms with van der Waals surface area (Å²) in [5.74, 6) is -0.929. The van der Waals surface area contributed by atoms with Crippen molar-refractivity contribution in [2.24, 2.45) is 5.92 Å². The Morgan fingerprint density at radius 2 is 1.88 bits per heavy atom. The van der Waals surface area contributed by atoms with E-state index in [4.69, 9.17) is 4.74 Å². The molecule has 7 nitrogen and oxygen atoms in total. The molecular weight excluding hydrogens is 365 g/mol. The predicted octanol–water partition coefficient (Wildman–Crippen LogP) is 0.231. The first-order valence-electron chi connectivity index (χ1n) is 7.30. The average molecular weight is 382 g/mol. The number of halogens is 3. The molecule has 1 heterocycles. The predicted molar refractivity (Wildman–Crippen MR) is 81.0 cm³/mol. The first-order valence-corrected chi connectivity index (χ1v) is 8.79. The number of benzene rings is 1. The van der Waals surface area contributed by atoms with Crippen LogP contribution in [0.4, 0.5) is 13.2 Å². The number of rotatable bonds is 6. The number of hydrogen-bond acceptors (Lipinski definition) is 5. The fraction of sp³-hybridized carbons (Fsp3) is 0.500. The van der Waals surface area contributed by atoms with E-state index in [1.54, 1.807) is 30.3 Å². The molecule has 2 rings (SSSR count). The number of hydrogen-bond donors (Lipinski definition) is 3. The van der Waals surface area contributed by atoms with Crippen LogP contribution in [0, 0.1) is 5.92 Å². The van der Waals surface area contributed by atoms with Crippen molar-refractivity contribution < 1.29 is 36.2 Å². The topological polar surface area (TPSA) is 105 Å². The maximum atomic E-state index is 12.3. The SMILES string of the molecule is O=C(NC[C@@H]1CO[C@H](CNS(=O)(=O)C(F)(F)F)[C@H]1O)c1ccccc1. The Labute approximate surface area is 142 Å². The molecule has 1 saturated heterocycles. The van der Waals surface area contributed by atoms with Gasteiger partial charge in [-0.25, -0.2) is 13.1 Å². The smallest absolute Gasteiger partial charge is 0.390 e. The van der Waals surface area contributed by atoms with Crippen LogP contribution in [0.25, 0.3) is 0 Å². The normalized spacial score (nSPS) is 24.2. The molecule has 11 heteroatoms. The summed E-state index contributed by atoms with van der Waals surface area (Å²) >= 11 is 0. The lowest BCUT2D eigenvalue weighted by atomic mass is 10.0. The maximum Gasteiger partial charge on any atom is 0.511 e. The van der Waals surface area contributed by atoms with Gasteiger partial charge in [0, 0.05) is 24.6 Å². The van der Waals surface area contributed by atoms with Gasteiger partial charge in [0.25, 0.3) is 5.91 Å². The fourth-order valence-corrected chi connectivity index (χ4v) is 2.84. The molecule has 1 amide bonds. The van der Waals surface area contributed by atoms with Crippen LogP contribution < -0.4 is 10.0 Å². The molecule has 3 atom stereocenters. The molecule has 1 aliphatic rings. The molecule has 25 heavy (non-hydrogen) atoms. The number of alkyl halides is 3. The highest BCUT2D eigenvalue weighted by molar-refractivity contribution is 7.90. The number of sulfonamides is 1. The highest BCUT2D eigenvalue weighted by atomic mass is 32.2. The van der Waals surface area contributed by atoms with Gasteiger partial charge in [-0.15, -0.1) is 0 Å². The van der Waals surface area contributed by atoms with E-state index < -0.39 is 40.2 Å². The molecule has 3 N–H and O–H groups in total. The molecule has 1 aromatic carbocycles. The minimum atomic E-state index is -5.50. The number of amides is 1. The molecule has 0 spiro atoms. The highest BCUT2D eigenvalue weighted by Gasteiger charge is 2.47. The molecule has 0 unspecified atom stereocenters. The summed E-state index contributed by atoms with van der Waals surface area (Å²) in [6, 6.07) is 8.33. The number of aliphatic hydroxyl groups is 1. The van der Waals surface area contributed by atoms with Gasteiger partial charge in [0.2, 0.25) is 0 Å². The van der Waals surface area contributed by atoms with E-state index in [2.05, 4.69) is 5.32 Å². The third kappa shape index (κ3) is 4.91. The van der Waals surface area contributed by atoms with Crippen LogP contribution in [-0.2, 0) is 14.8 Å². The van der Waals surface area contributed by atoms with Crippen LogP contribution in [0.3, 0.4) is 0 Å². The van der Waals surface area contributed by atoms with Crippen molar-refractivity contribution in [2.45, 2.75) is 17.7 Å². The zero-order chi connectivity index (χ0) is 18.7. The van der Waals surface area contributed by atoms with Crippen LogP contribution in [0.2, 0.25) is 0 Å². The van der Waals surface area contributed by atoms with Crippen molar-refractivity contribution in [1.29, 1.82) is 0 Å². The molecular formula is C14H17F3N2O5S.